The van der Waals surface area contributed by atoms with Crippen LogP contribution in [-0.4, -0.2) is 22.6 Å². The summed E-state index contributed by atoms with van der Waals surface area (Å²) in [5.41, 5.74) is 1.50. The van der Waals surface area contributed by atoms with Gasteiger partial charge in [-0.05, 0) is 62.6 Å². The van der Waals surface area contributed by atoms with Gasteiger partial charge in [-0.1, -0.05) is 40.2 Å². The molecular weight excluding hydrogens is 384 g/mol. The quantitative estimate of drug-likeness (QED) is 0.725. The highest BCUT2D eigenvalue weighted by Gasteiger charge is 2.21. The minimum atomic E-state index is -0.876. The van der Waals surface area contributed by atoms with Crippen LogP contribution in [0.25, 0.3) is 0 Å². The molecule has 0 saturated carbocycles. The van der Waals surface area contributed by atoms with Gasteiger partial charge in [0.2, 0.25) is 0 Å². The van der Waals surface area contributed by atoms with Gasteiger partial charge in [-0.2, -0.15) is 0 Å². The van der Waals surface area contributed by atoms with Crippen LogP contribution in [0, 0.1) is 0 Å². The van der Waals surface area contributed by atoms with Crippen molar-refractivity contribution in [3.05, 3.63) is 69.7 Å². The van der Waals surface area contributed by atoms with Crippen LogP contribution in [0.3, 0.4) is 0 Å². The third-order valence-corrected chi connectivity index (χ3v) is 4.13. The molecule has 5 heteroatoms. The van der Waals surface area contributed by atoms with Crippen molar-refractivity contribution < 1.29 is 19.4 Å². The molecule has 0 radical (unpaired) electrons. The van der Waals surface area contributed by atoms with E-state index in [1.807, 2.05) is 32.9 Å². The SMILES string of the molecule is CC(C)(C)OC(=O)c1ccc(C[C@H](C(=O)O)c2ccc(Br)cc2)cc1. The second kappa shape index (κ2) is 7.83. The Morgan fingerprint density at radius 2 is 1.60 bits per heavy atom. The maximum Gasteiger partial charge on any atom is 0.338 e. The summed E-state index contributed by atoms with van der Waals surface area (Å²) in [4.78, 5) is 23.7. The Bertz CT molecular complexity index is 743. The third kappa shape index (κ3) is 5.71. The molecule has 0 aliphatic heterocycles. The largest absolute Gasteiger partial charge is 0.481 e. The second-order valence-corrected chi connectivity index (χ2v) is 7.76. The van der Waals surface area contributed by atoms with Crippen LogP contribution < -0.4 is 0 Å². The lowest BCUT2D eigenvalue weighted by Gasteiger charge is -2.19. The first-order valence-corrected chi connectivity index (χ1v) is 8.75. The summed E-state index contributed by atoms with van der Waals surface area (Å²) in [6, 6.07) is 14.2. The van der Waals surface area contributed by atoms with Crippen LogP contribution in [0.2, 0.25) is 0 Å². The molecule has 25 heavy (non-hydrogen) atoms. The molecule has 0 bridgehead atoms. The predicted octanol–water partition coefficient (Wildman–Crippen LogP) is 4.82. The van der Waals surface area contributed by atoms with Crippen molar-refractivity contribution in [1.29, 1.82) is 0 Å². The number of halogens is 1. The highest BCUT2D eigenvalue weighted by atomic mass is 79.9. The second-order valence-electron chi connectivity index (χ2n) is 6.85. The van der Waals surface area contributed by atoms with E-state index in [2.05, 4.69) is 15.9 Å². The summed E-state index contributed by atoms with van der Waals surface area (Å²) in [5, 5.41) is 9.54. The number of carboxylic acid groups (broad SMARTS) is 1. The molecule has 4 nitrogen and oxygen atoms in total. The fourth-order valence-electron chi connectivity index (χ4n) is 2.39. The van der Waals surface area contributed by atoms with Crippen LogP contribution in [-0.2, 0) is 16.0 Å². The maximum atomic E-state index is 12.0. The van der Waals surface area contributed by atoms with Gasteiger partial charge in [0.15, 0.2) is 0 Å². The third-order valence-electron chi connectivity index (χ3n) is 3.60. The summed E-state index contributed by atoms with van der Waals surface area (Å²) >= 11 is 3.35. The lowest BCUT2D eigenvalue weighted by molar-refractivity contribution is -0.138. The lowest BCUT2D eigenvalue weighted by atomic mass is 9.92. The van der Waals surface area contributed by atoms with E-state index < -0.39 is 17.5 Å². The summed E-state index contributed by atoms with van der Waals surface area (Å²) in [5.74, 6) is -1.90. The zero-order valence-corrected chi connectivity index (χ0v) is 16.0. The molecule has 0 heterocycles. The van der Waals surface area contributed by atoms with E-state index in [0.717, 1.165) is 15.6 Å². The van der Waals surface area contributed by atoms with Crippen molar-refractivity contribution in [2.75, 3.05) is 0 Å². The summed E-state index contributed by atoms with van der Waals surface area (Å²) < 4.78 is 6.23. The number of rotatable bonds is 5. The van der Waals surface area contributed by atoms with E-state index >= 15 is 0 Å². The Morgan fingerprint density at radius 3 is 2.08 bits per heavy atom. The van der Waals surface area contributed by atoms with Gasteiger partial charge < -0.3 is 9.84 Å². The van der Waals surface area contributed by atoms with Gasteiger partial charge in [0.1, 0.15) is 5.60 Å². The molecule has 0 aliphatic carbocycles. The van der Waals surface area contributed by atoms with Gasteiger partial charge in [-0.3, -0.25) is 4.79 Å². The number of hydrogen-bond donors (Lipinski definition) is 1. The number of esters is 1. The number of hydrogen-bond acceptors (Lipinski definition) is 3. The van der Waals surface area contributed by atoms with Gasteiger partial charge >= 0.3 is 11.9 Å². The van der Waals surface area contributed by atoms with E-state index in [-0.39, 0.29) is 5.97 Å². The van der Waals surface area contributed by atoms with Crippen molar-refractivity contribution in [3.8, 4) is 0 Å². The van der Waals surface area contributed by atoms with Crippen molar-refractivity contribution in [1.82, 2.24) is 0 Å². The van der Waals surface area contributed by atoms with Crippen LogP contribution in [0.5, 0.6) is 0 Å². The van der Waals surface area contributed by atoms with E-state index in [9.17, 15) is 14.7 Å². The number of carbonyl (C=O) groups is 2. The molecule has 0 aliphatic rings. The minimum absolute atomic E-state index is 0.353. The van der Waals surface area contributed by atoms with Gasteiger partial charge in [-0.15, -0.1) is 0 Å². The fourth-order valence-corrected chi connectivity index (χ4v) is 2.66. The zero-order chi connectivity index (χ0) is 18.6. The first-order chi connectivity index (χ1) is 11.7. The smallest absolute Gasteiger partial charge is 0.338 e. The molecule has 2 aromatic carbocycles. The molecule has 1 atom stereocenters. The van der Waals surface area contributed by atoms with Crippen LogP contribution in [0.4, 0.5) is 0 Å². The standard InChI is InChI=1S/C20H21BrO4/c1-20(2,3)25-19(24)15-6-4-13(5-7-15)12-17(18(22)23)14-8-10-16(21)11-9-14/h4-11,17H,12H2,1-3H3,(H,22,23)/t17-/m0/s1. The summed E-state index contributed by atoms with van der Waals surface area (Å²) in [7, 11) is 0. The first-order valence-electron chi connectivity index (χ1n) is 7.96. The van der Waals surface area contributed by atoms with Gasteiger partial charge in [-0.25, -0.2) is 4.79 Å². The average Bonchev–Trinajstić information content (AvgIpc) is 2.52. The topological polar surface area (TPSA) is 63.6 Å². The van der Waals surface area contributed by atoms with Crippen molar-refractivity contribution >= 4 is 27.9 Å². The predicted molar refractivity (Wildman–Crippen MR) is 99.8 cm³/mol. The Labute approximate surface area is 156 Å². The number of benzene rings is 2. The molecule has 2 rings (SSSR count). The van der Waals surface area contributed by atoms with Crippen LogP contribution in [0.15, 0.2) is 53.0 Å². The monoisotopic (exact) mass is 404 g/mol. The Hall–Kier alpha value is -2.14. The van der Waals surface area contributed by atoms with Crippen molar-refractivity contribution in [2.24, 2.45) is 0 Å². The van der Waals surface area contributed by atoms with Crippen molar-refractivity contribution in [2.45, 2.75) is 38.7 Å². The van der Waals surface area contributed by atoms with E-state index in [1.54, 1.807) is 36.4 Å². The molecule has 1 N–H and O–H groups in total. The molecule has 0 unspecified atom stereocenters. The van der Waals surface area contributed by atoms with E-state index in [4.69, 9.17) is 4.74 Å². The Morgan fingerprint density at radius 1 is 1.04 bits per heavy atom. The molecule has 0 amide bonds. The average molecular weight is 405 g/mol. The minimum Gasteiger partial charge on any atom is -0.481 e. The molecule has 0 spiro atoms. The zero-order valence-electron chi connectivity index (χ0n) is 14.5. The summed E-state index contributed by atoms with van der Waals surface area (Å²) in [6.45, 7) is 5.44. The number of carboxylic acids is 1. The highest BCUT2D eigenvalue weighted by Crippen LogP contribution is 2.24. The molecule has 0 aromatic heterocycles. The lowest BCUT2D eigenvalue weighted by Crippen LogP contribution is -2.23. The molecule has 0 saturated heterocycles. The molecule has 0 fully saturated rings. The maximum absolute atomic E-state index is 12.0. The number of aliphatic carboxylic acids is 1. The van der Waals surface area contributed by atoms with E-state index in [1.165, 1.54) is 0 Å². The first kappa shape index (κ1) is 19.2. The van der Waals surface area contributed by atoms with Gasteiger partial charge in [0, 0.05) is 4.47 Å². The van der Waals surface area contributed by atoms with Gasteiger partial charge in [0.05, 0.1) is 11.5 Å². The fraction of sp³-hybridized carbons (Fsp3) is 0.300. The highest BCUT2D eigenvalue weighted by molar-refractivity contribution is 9.10. The van der Waals surface area contributed by atoms with Crippen LogP contribution in [0.1, 0.15) is 48.2 Å². The van der Waals surface area contributed by atoms with E-state index in [0.29, 0.717) is 12.0 Å². The molecule has 2 aromatic rings. The number of carbonyl (C=O) groups excluding carboxylic acids is 1. The Balaban J connectivity index is 2.14. The van der Waals surface area contributed by atoms with Gasteiger partial charge in [0.25, 0.3) is 0 Å². The molecule has 132 valence electrons. The van der Waals surface area contributed by atoms with Crippen LogP contribution >= 0.6 is 15.9 Å². The normalized spacial score (nSPS) is 12.5. The van der Waals surface area contributed by atoms with Crippen molar-refractivity contribution in [3.63, 3.8) is 0 Å². The molecular formula is C20H21BrO4. The Kier molecular flexibility index (Phi) is 6.01. The summed E-state index contributed by atoms with van der Waals surface area (Å²) in [6.07, 6.45) is 0.353. The number of ether oxygens (including phenoxy) is 1.